The summed E-state index contributed by atoms with van der Waals surface area (Å²) >= 11 is 0. The molecule has 1 fully saturated rings. The normalized spacial score (nSPS) is 23.7. The van der Waals surface area contributed by atoms with Crippen molar-refractivity contribution in [2.75, 3.05) is 0 Å². The van der Waals surface area contributed by atoms with E-state index < -0.39 is 0 Å². The van der Waals surface area contributed by atoms with Gasteiger partial charge < -0.3 is 0 Å². The molecule has 1 aliphatic carbocycles. The van der Waals surface area contributed by atoms with E-state index in [1.54, 1.807) is 0 Å². The molecule has 0 spiro atoms. The first-order chi connectivity index (χ1) is 12.3. The highest BCUT2D eigenvalue weighted by Crippen LogP contribution is 2.44. The van der Waals surface area contributed by atoms with Gasteiger partial charge in [0.25, 0.3) is 0 Å². The highest BCUT2D eigenvalue weighted by atomic mass is 14.4. The molecule has 0 aromatic rings. The van der Waals surface area contributed by atoms with Crippen LogP contribution in [0.3, 0.4) is 0 Å². The minimum atomic E-state index is 0.306. The van der Waals surface area contributed by atoms with Gasteiger partial charge in [0.2, 0.25) is 0 Å². The third-order valence-electron chi connectivity index (χ3n) is 6.81. The molecule has 0 bridgehead atoms. The van der Waals surface area contributed by atoms with Crippen molar-refractivity contribution in [3.05, 3.63) is 49.1 Å². The number of unbranched alkanes of at least 4 members (excludes halogenated alkanes) is 2. The summed E-state index contributed by atoms with van der Waals surface area (Å²) in [4.78, 5) is 0. The molecule has 0 amide bonds. The van der Waals surface area contributed by atoms with Crippen molar-refractivity contribution in [2.45, 2.75) is 91.9 Å². The second-order valence-corrected chi connectivity index (χ2v) is 9.29. The van der Waals surface area contributed by atoms with Crippen molar-refractivity contribution < 1.29 is 0 Å². The van der Waals surface area contributed by atoms with Crippen LogP contribution >= 0.6 is 0 Å². The Labute approximate surface area is 164 Å². The van der Waals surface area contributed by atoms with Gasteiger partial charge in [-0.25, -0.2) is 0 Å². The molecule has 4 atom stereocenters. The Bertz CT molecular complexity index is 480. The standard InChI is InChI=1S/C26H44/c1-8-26(7,20-25-19-13-17-23(25)5)24(6)18-11-9-10-15-22(4)16-12-14-21(2)3/h8,12,14,23-25H,1-2,4,9-11,13,15-20H2,3,5-7H3. The van der Waals surface area contributed by atoms with Crippen molar-refractivity contribution in [3.63, 3.8) is 0 Å². The summed E-state index contributed by atoms with van der Waals surface area (Å²) in [5.74, 6) is 2.55. The van der Waals surface area contributed by atoms with Gasteiger partial charge in [-0.1, -0.05) is 95.4 Å². The maximum Gasteiger partial charge on any atom is -0.0121 e. The van der Waals surface area contributed by atoms with Gasteiger partial charge in [-0.3, -0.25) is 0 Å². The monoisotopic (exact) mass is 356 g/mol. The average molecular weight is 357 g/mol. The van der Waals surface area contributed by atoms with Crippen LogP contribution in [-0.2, 0) is 0 Å². The smallest absolute Gasteiger partial charge is 0.0121 e. The van der Waals surface area contributed by atoms with Crippen molar-refractivity contribution >= 4 is 0 Å². The first-order valence-corrected chi connectivity index (χ1v) is 10.9. The fourth-order valence-electron chi connectivity index (χ4n) is 4.44. The number of hydrogen-bond donors (Lipinski definition) is 0. The van der Waals surface area contributed by atoms with E-state index in [4.69, 9.17) is 0 Å². The Morgan fingerprint density at radius 3 is 2.50 bits per heavy atom. The molecule has 1 rings (SSSR count). The molecule has 1 aliphatic rings. The number of hydrogen-bond acceptors (Lipinski definition) is 0. The molecule has 0 aromatic heterocycles. The van der Waals surface area contributed by atoms with Crippen molar-refractivity contribution in [2.24, 2.45) is 23.2 Å². The second-order valence-electron chi connectivity index (χ2n) is 9.29. The van der Waals surface area contributed by atoms with Gasteiger partial charge >= 0.3 is 0 Å². The molecule has 0 N–H and O–H groups in total. The van der Waals surface area contributed by atoms with Crippen molar-refractivity contribution in [1.82, 2.24) is 0 Å². The lowest BCUT2D eigenvalue weighted by molar-refractivity contribution is 0.181. The van der Waals surface area contributed by atoms with Gasteiger partial charge in [-0.15, -0.1) is 6.58 Å². The molecule has 0 heterocycles. The lowest BCUT2D eigenvalue weighted by Crippen LogP contribution is -2.27. The predicted octanol–water partition coefficient (Wildman–Crippen LogP) is 8.67. The fourth-order valence-corrected chi connectivity index (χ4v) is 4.44. The van der Waals surface area contributed by atoms with Crippen LogP contribution in [0.25, 0.3) is 0 Å². The molecule has 4 unspecified atom stereocenters. The van der Waals surface area contributed by atoms with Crippen LogP contribution in [-0.4, -0.2) is 0 Å². The summed E-state index contributed by atoms with van der Waals surface area (Å²) in [5.41, 5.74) is 2.77. The minimum absolute atomic E-state index is 0.306. The molecule has 0 radical (unpaired) electrons. The van der Waals surface area contributed by atoms with Gasteiger partial charge in [-0.2, -0.15) is 0 Å². The van der Waals surface area contributed by atoms with Crippen LogP contribution in [0, 0.1) is 23.2 Å². The largest absolute Gasteiger partial charge is 0.103 e. The lowest BCUT2D eigenvalue weighted by atomic mass is 9.69. The summed E-state index contributed by atoms with van der Waals surface area (Å²) in [6, 6.07) is 0. The summed E-state index contributed by atoms with van der Waals surface area (Å²) in [7, 11) is 0. The third-order valence-corrected chi connectivity index (χ3v) is 6.81. The van der Waals surface area contributed by atoms with Gasteiger partial charge in [0, 0.05) is 0 Å². The third kappa shape index (κ3) is 8.11. The zero-order valence-corrected chi connectivity index (χ0v) is 18.2. The number of allylic oxidation sites excluding steroid dienone is 5. The van der Waals surface area contributed by atoms with E-state index >= 15 is 0 Å². The highest BCUT2D eigenvalue weighted by molar-refractivity contribution is 5.14. The van der Waals surface area contributed by atoms with Crippen LogP contribution in [0.5, 0.6) is 0 Å². The maximum absolute atomic E-state index is 4.21. The van der Waals surface area contributed by atoms with Gasteiger partial charge in [0.1, 0.15) is 0 Å². The second kappa shape index (κ2) is 11.6. The molecule has 0 aromatic carbocycles. The Hall–Kier alpha value is -1.04. The van der Waals surface area contributed by atoms with E-state index in [1.165, 1.54) is 56.9 Å². The Morgan fingerprint density at radius 2 is 1.92 bits per heavy atom. The topological polar surface area (TPSA) is 0 Å². The highest BCUT2D eigenvalue weighted by Gasteiger charge is 2.34. The first-order valence-electron chi connectivity index (χ1n) is 10.9. The molecule has 0 nitrogen and oxygen atoms in total. The van der Waals surface area contributed by atoms with E-state index in [1.807, 2.05) is 6.92 Å². The summed E-state index contributed by atoms with van der Waals surface area (Å²) in [5, 5.41) is 0. The summed E-state index contributed by atoms with van der Waals surface area (Å²) in [6.07, 6.45) is 19.6. The first kappa shape index (κ1) is 23.0. The minimum Gasteiger partial charge on any atom is -0.103 e. The average Bonchev–Trinajstić information content (AvgIpc) is 2.98. The van der Waals surface area contributed by atoms with E-state index in [-0.39, 0.29) is 0 Å². The molecule has 0 heteroatoms. The van der Waals surface area contributed by atoms with E-state index in [0.29, 0.717) is 5.41 Å². The zero-order chi connectivity index (χ0) is 19.6. The maximum atomic E-state index is 4.21. The molecule has 148 valence electrons. The molecular weight excluding hydrogens is 312 g/mol. The molecule has 26 heavy (non-hydrogen) atoms. The summed E-state index contributed by atoms with van der Waals surface area (Å²) in [6.45, 7) is 21.7. The molecule has 0 aliphatic heterocycles. The Morgan fingerprint density at radius 1 is 1.19 bits per heavy atom. The summed E-state index contributed by atoms with van der Waals surface area (Å²) < 4.78 is 0. The predicted molar refractivity (Wildman–Crippen MR) is 119 cm³/mol. The van der Waals surface area contributed by atoms with Crippen LogP contribution < -0.4 is 0 Å². The van der Waals surface area contributed by atoms with Crippen molar-refractivity contribution in [1.29, 1.82) is 0 Å². The zero-order valence-electron chi connectivity index (χ0n) is 18.2. The quantitative estimate of drug-likeness (QED) is 0.176. The van der Waals surface area contributed by atoms with Gasteiger partial charge in [0.15, 0.2) is 0 Å². The van der Waals surface area contributed by atoms with E-state index in [9.17, 15) is 0 Å². The van der Waals surface area contributed by atoms with Crippen LogP contribution in [0.15, 0.2) is 49.1 Å². The molecule has 0 saturated heterocycles. The van der Waals surface area contributed by atoms with Gasteiger partial charge in [0.05, 0.1) is 0 Å². The Balaban J connectivity index is 2.26. The SMILES string of the molecule is C=CC(C)(CC1CCCC1C)C(C)CCCCCC(=C)CC=CC(=C)C. The van der Waals surface area contributed by atoms with Crippen LogP contribution in [0.2, 0.25) is 0 Å². The number of rotatable bonds is 13. The molecular formula is C26H44. The van der Waals surface area contributed by atoms with Crippen LogP contribution in [0.1, 0.15) is 91.9 Å². The van der Waals surface area contributed by atoms with Crippen molar-refractivity contribution in [3.8, 4) is 0 Å². The van der Waals surface area contributed by atoms with Crippen LogP contribution in [0.4, 0.5) is 0 Å². The fraction of sp³-hybridized carbons (Fsp3) is 0.692. The lowest BCUT2D eigenvalue weighted by Gasteiger charge is -2.36. The molecule has 1 saturated carbocycles. The Kier molecular flexibility index (Phi) is 10.3. The van der Waals surface area contributed by atoms with Gasteiger partial charge in [-0.05, 0) is 62.2 Å². The van der Waals surface area contributed by atoms with E-state index in [0.717, 1.165) is 36.2 Å². The van der Waals surface area contributed by atoms with E-state index in [2.05, 4.69) is 58.7 Å².